The summed E-state index contributed by atoms with van der Waals surface area (Å²) in [5.41, 5.74) is 0. The summed E-state index contributed by atoms with van der Waals surface area (Å²) in [5, 5.41) is 0. The van der Waals surface area contributed by atoms with Crippen LogP contribution in [-0.4, -0.2) is 5.78 Å². The smallest absolute Gasteiger partial charge is 0.132 e. The van der Waals surface area contributed by atoms with Crippen LogP contribution in [0.3, 0.4) is 0 Å². The minimum absolute atomic E-state index is 0.389. The summed E-state index contributed by atoms with van der Waals surface area (Å²) in [6.07, 6.45) is 18.0. The molecule has 1 nitrogen and oxygen atoms in total. The number of rotatable bonds is 9. The molecule has 0 unspecified atom stereocenters. The third kappa shape index (κ3) is 10.7. The second kappa shape index (κ2) is 11.7. The van der Waals surface area contributed by atoms with Gasteiger partial charge in [0.05, 0.1) is 0 Å². The standard InChI is InChI=1S/C15H22O/c1-3-5-6-7-8-9-10-11-12-14-15(16)13-4-2/h3,5-10H,1,4,11-14H2,2H3. The average molecular weight is 218 g/mol. The fraction of sp³-hybridized carbons (Fsp3) is 0.400. The minimum atomic E-state index is 0.389. The Morgan fingerprint density at radius 2 is 1.75 bits per heavy atom. The molecule has 16 heavy (non-hydrogen) atoms. The molecule has 0 spiro atoms. The van der Waals surface area contributed by atoms with Crippen molar-refractivity contribution in [2.24, 2.45) is 0 Å². The van der Waals surface area contributed by atoms with Gasteiger partial charge in [-0.2, -0.15) is 0 Å². The van der Waals surface area contributed by atoms with E-state index >= 15 is 0 Å². The lowest BCUT2D eigenvalue weighted by atomic mass is 10.1. The summed E-state index contributed by atoms with van der Waals surface area (Å²) in [4.78, 5) is 11.2. The first-order chi connectivity index (χ1) is 7.81. The van der Waals surface area contributed by atoms with Crippen LogP contribution in [0.1, 0.15) is 39.0 Å². The van der Waals surface area contributed by atoms with Gasteiger partial charge < -0.3 is 0 Å². The van der Waals surface area contributed by atoms with Gasteiger partial charge in [-0.25, -0.2) is 0 Å². The number of carbonyl (C=O) groups excluding carboxylic acids is 1. The molecule has 0 N–H and O–H groups in total. The maximum absolute atomic E-state index is 11.2. The minimum Gasteiger partial charge on any atom is -0.300 e. The molecule has 0 atom stereocenters. The van der Waals surface area contributed by atoms with Gasteiger partial charge in [0, 0.05) is 12.8 Å². The third-order valence-corrected chi connectivity index (χ3v) is 2.07. The Kier molecular flexibility index (Phi) is 10.7. The second-order valence-corrected chi connectivity index (χ2v) is 3.61. The van der Waals surface area contributed by atoms with E-state index in [0.717, 1.165) is 32.1 Å². The van der Waals surface area contributed by atoms with Crippen LogP contribution in [0.4, 0.5) is 0 Å². The van der Waals surface area contributed by atoms with Crippen LogP contribution >= 0.6 is 0 Å². The molecular formula is C15H22O. The van der Waals surface area contributed by atoms with Crippen molar-refractivity contribution in [3.63, 3.8) is 0 Å². The molecule has 0 rings (SSSR count). The highest BCUT2D eigenvalue weighted by atomic mass is 16.1. The van der Waals surface area contributed by atoms with Crippen molar-refractivity contribution < 1.29 is 4.79 Å². The molecule has 0 aromatic rings. The first-order valence-electron chi connectivity index (χ1n) is 5.93. The summed E-state index contributed by atoms with van der Waals surface area (Å²) in [6, 6.07) is 0. The van der Waals surface area contributed by atoms with Crippen molar-refractivity contribution in [1.29, 1.82) is 0 Å². The zero-order valence-corrected chi connectivity index (χ0v) is 10.2. The highest BCUT2D eigenvalue weighted by Crippen LogP contribution is 2.02. The molecule has 0 radical (unpaired) electrons. The fourth-order valence-electron chi connectivity index (χ4n) is 1.27. The van der Waals surface area contributed by atoms with Gasteiger partial charge in [-0.15, -0.1) is 0 Å². The van der Waals surface area contributed by atoms with Gasteiger partial charge >= 0.3 is 0 Å². The maximum Gasteiger partial charge on any atom is 0.132 e. The molecule has 0 heterocycles. The summed E-state index contributed by atoms with van der Waals surface area (Å²) in [6.45, 7) is 5.62. The highest BCUT2D eigenvalue weighted by Gasteiger charge is 1.97. The van der Waals surface area contributed by atoms with E-state index in [0.29, 0.717) is 5.78 Å². The van der Waals surface area contributed by atoms with Gasteiger partial charge in [0.25, 0.3) is 0 Å². The number of hydrogen-bond donors (Lipinski definition) is 0. The van der Waals surface area contributed by atoms with Crippen molar-refractivity contribution in [2.45, 2.75) is 39.0 Å². The van der Waals surface area contributed by atoms with Crippen LogP contribution in [0, 0.1) is 0 Å². The monoisotopic (exact) mass is 218 g/mol. The van der Waals surface area contributed by atoms with Gasteiger partial charge in [-0.3, -0.25) is 4.79 Å². The van der Waals surface area contributed by atoms with E-state index < -0.39 is 0 Å². The molecule has 0 saturated heterocycles. The largest absolute Gasteiger partial charge is 0.300 e. The molecule has 0 aromatic carbocycles. The van der Waals surface area contributed by atoms with E-state index in [1.54, 1.807) is 6.08 Å². The quantitative estimate of drug-likeness (QED) is 0.414. The Bertz CT molecular complexity index is 269. The number of allylic oxidation sites excluding steroid dienone is 7. The number of Topliss-reactive ketones (excluding diaryl/α,β-unsaturated/α-hetero) is 1. The predicted octanol–water partition coefficient (Wildman–Crippen LogP) is 4.38. The van der Waals surface area contributed by atoms with Crippen LogP contribution in [0.2, 0.25) is 0 Å². The van der Waals surface area contributed by atoms with Crippen molar-refractivity contribution in [2.75, 3.05) is 0 Å². The van der Waals surface area contributed by atoms with E-state index in [4.69, 9.17) is 0 Å². The van der Waals surface area contributed by atoms with Crippen molar-refractivity contribution >= 4 is 5.78 Å². The van der Waals surface area contributed by atoms with Crippen LogP contribution in [0.25, 0.3) is 0 Å². The van der Waals surface area contributed by atoms with Crippen LogP contribution in [-0.2, 0) is 4.79 Å². The van der Waals surface area contributed by atoms with Crippen LogP contribution in [0.15, 0.2) is 49.1 Å². The molecule has 0 saturated carbocycles. The van der Waals surface area contributed by atoms with Crippen LogP contribution < -0.4 is 0 Å². The fourth-order valence-corrected chi connectivity index (χ4v) is 1.27. The lowest BCUT2D eigenvalue weighted by molar-refractivity contribution is -0.119. The van der Waals surface area contributed by atoms with E-state index in [9.17, 15) is 4.79 Å². The van der Waals surface area contributed by atoms with E-state index in [-0.39, 0.29) is 0 Å². The van der Waals surface area contributed by atoms with Crippen molar-refractivity contribution in [3.8, 4) is 0 Å². The lowest BCUT2D eigenvalue weighted by Crippen LogP contribution is -1.95. The average Bonchev–Trinajstić information content (AvgIpc) is 2.27. The molecule has 0 fully saturated rings. The summed E-state index contributed by atoms with van der Waals surface area (Å²) >= 11 is 0. The van der Waals surface area contributed by atoms with E-state index in [1.807, 2.05) is 37.3 Å². The molecule has 88 valence electrons. The van der Waals surface area contributed by atoms with Gasteiger partial charge in [0.2, 0.25) is 0 Å². The SMILES string of the molecule is C=CC=CC=CC=CCCCC(=O)CCC. The molecule has 0 aliphatic carbocycles. The van der Waals surface area contributed by atoms with E-state index in [1.165, 1.54) is 0 Å². The van der Waals surface area contributed by atoms with E-state index in [2.05, 4.69) is 12.7 Å². The Balaban J connectivity index is 3.47. The molecule has 1 heteroatoms. The summed E-state index contributed by atoms with van der Waals surface area (Å²) < 4.78 is 0. The zero-order valence-electron chi connectivity index (χ0n) is 10.2. The van der Waals surface area contributed by atoms with Gasteiger partial charge in [0.1, 0.15) is 5.78 Å². The number of unbranched alkanes of at least 4 members (excludes halogenated alkanes) is 1. The van der Waals surface area contributed by atoms with Gasteiger partial charge in [0.15, 0.2) is 0 Å². The Labute approximate surface area is 99.3 Å². The number of carbonyl (C=O) groups is 1. The molecule has 0 bridgehead atoms. The lowest BCUT2D eigenvalue weighted by Gasteiger charge is -1.95. The second-order valence-electron chi connectivity index (χ2n) is 3.61. The Morgan fingerprint density at radius 1 is 1.06 bits per heavy atom. The maximum atomic E-state index is 11.2. The normalized spacial score (nSPS) is 11.8. The molecule has 0 aliphatic heterocycles. The van der Waals surface area contributed by atoms with Crippen molar-refractivity contribution in [3.05, 3.63) is 49.1 Å². The topological polar surface area (TPSA) is 17.1 Å². The number of ketones is 1. The Hall–Kier alpha value is -1.37. The Morgan fingerprint density at radius 3 is 2.44 bits per heavy atom. The predicted molar refractivity (Wildman–Crippen MR) is 71.4 cm³/mol. The van der Waals surface area contributed by atoms with Gasteiger partial charge in [-0.1, -0.05) is 56.0 Å². The first-order valence-corrected chi connectivity index (χ1v) is 5.93. The zero-order chi connectivity index (χ0) is 12.1. The summed E-state index contributed by atoms with van der Waals surface area (Å²) in [5.74, 6) is 0.389. The first kappa shape index (κ1) is 14.6. The van der Waals surface area contributed by atoms with Gasteiger partial charge in [-0.05, 0) is 19.3 Å². The molecule has 0 aromatic heterocycles. The van der Waals surface area contributed by atoms with Crippen LogP contribution in [0.5, 0.6) is 0 Å². The number of hydrogen-bond acceptors (Lipinski definition) is 1. The highest BCUT2D eigenvalue weighted by molar-refractivity contribution is 5.78. The molecular weight excluding hydrogens is 196 g/mol. The summed E-state index contributed by atoms with van der Waals surface area (Å²) in [7, 11) is 0. The third-order valence-electron chi connectivity index (χ3n) is 2.07. The molecule has 0 aliphatic rings. The van der Waals surface area contributed by atoms with Crippen molar-refractivity contribution in [1.82, 2.24) is 0 Å². The molecule has 0 amide bonds.